The van der Waals surface area contributed by atoms with E-state index in [1.54, 1.807) is 13.3 Å². The van der Waals surface area contributed by atoms with Crippen molar-refractivity contribution in [2.45, 2.75) is 39.3 Å². The zero-order valence-electron chi connectivity index (χ0n) is 15.5. The summed E-state index contributed by atoms with van der Waals surface area (Å²) in [5, 5.41) is 4.89. The number of anilines is 1. The first kappa shape index (κ1) is 16.6. The Balaban J connectivity index is 1.77. The van der Waals surface area contributed by atoms with Gasteiger partial charge in [0.05, 0.1) is 18.8 Å². The number of fused-ring (bicyclic) bond motifs is 2. The lowest BCUT2D eigenvalue weighted by atomic mass is 9.99. The van der Waals surface area contributed by atoms with Crippen LogP contribution in [0.3, 0.4) is 0 Å². The van der Waals surface area contributed by atoms with Crippen LogP contribution in [-0.2, 0) is 18.5 Å². The quantitative estimate of drug-likeness (QED) is 0.766. The van der Waals surface area contributed by atoms with Crippen molar-refractivity contribution in [1.82, 2.24) is 19.7 Å². The molecule has 4 rings (SSSR count). The Morgan fingerprint density at radius 2 is 2.08 bits per heavy atom. The molecule has 0 bridgehead atoms. The molecule has 0 amide bonds. The molecular weight excluding hydrogens is 330 g/mol. The number of hydrogen-bond acceptors (Lipinski definition) is 5. The summed E-state index contributed by atoms with van der Waals surface area (Å²) >= 11 is 0. The molecule has 3 aromatic rings. The van der Waals surface area contributed by atoms with Gasteiger partial charge in [0.2, 0.25) is 5.95 Å². The van der Waals surface area contributed by atoms with Crippen LogP contribution < -0.4 is 15.2 Å². The predicted octanol–water partition coefficient (Wildman–Crippen LogP) is 2.45. The van der Waals surface area contributed by atoms with Gasteiger partial charge in [0.1, 0.15) is 11.1 Å². The van der Waals surface area contributed by atoms with E-state index in [0.29, 0.717) is 23.5 Å². The van der Waals surface area contributed by atoms with Crippen LogP contribution in [-0.4, -0.2) is 33.4 Å². The summed E-state index contributed by atoms with van der Waals surface area (Å²) in [6.45, 7) is 7.60. The lowest BCUT2D eigenvalue weighted by Gasteiger charge is -2.30. The van der Waals surface area contributed by atoms with Crippen LogP contribution in [0.5, 0.6) is 5.75 Å². The van der Waals surface area contributed by atoms with E-state index in [4.69, 9.17) is 9.72 Å². The van der Waals surface area contributed by atoms with Crippen LogP contribution in [0.1, 0.15) is 31.9 Å². The van der Waals surface area contributed by atoms with E-state index >= 15 is 0 Å². The Kier molecular flexibility index (Phi) is 3.75. The van der Waals surface area contributed by atoms with Crippen molar-refractivity contribution in [2.24, 2.45) is 0 Å². The summed E-state index contributed by atoms with van der Waals surface area (Å²) in [5.41, 5.74) is 2.64. The Hall–Kier alpha value is -2.83. The highest BCUT2D eigenvalue weighted by Crippen LogP contribution is 2.29. The largest absolute Gasteiger partial charge is 0.496 e. The van der Waals surface area contributed by atoms with Crippen LogP contribution >= 0.6 is 0 Å². The molecule has 0 atom stereocenters. The van der Waals surface area contributed by atoms with Crippen molar-refractivity contribution >= 4 is 17.0 Å². The second-order valence-electron chi connectivity index (χ2n) is 7.62. The molecule has 0 fully saturated rings. The van der Waals surface area contributed by atoms with E-state index in [0.717, 1.165) is 18.7 Å². The fourth-order valence-electron chi connectivity index (χ4n) is 3.49. The maximum atomic E-state index is 12.5. The fourth-order valence-corrected chi connectivity index (χ4v) is 3.49. The highest BCUT2D eigenvalue weighted by atomic mass is 16.5. The molecule has 1 N–H and O–H groups in total. The third kappa shape index (κ3) is 2.64. The van der Waals surface area contributed by atoms with Gasteiger partial charge in [-0.15, -0.1) is 0 Å². The van der Waals surface area contributed by atoms with E-state index in [1.807, 2.05) is 37.6 Å². The minimum Gasteiger partial charge on any atom is -0.496 e. The monoisotopic (exact) mass is 353 g/mol. The van der Waals surface area contributed by atoms with Gasteiger partial charge in [-0.05, 0) is 38.8 Å². The van der Waals surface area contributed by atoms with Gasteiger partial charge in [0, 0.05) is 18.7 Å². The maximum Gasteiger partial charge on any atom is 0.263 e. The molecule has 136 valence electrons. The predicted molar refractivity (Wildman–Crippen MR) is 101 cm³/mol. The third-order valence-corrected chi connectivity index (χ3v) is 4.80. The van der Waals surface area contributed by atoms with Gasteiger partial charge in [-0.2, -0.15) is 10.1 Å². The van der Waals surface area contributed by atoms with Gasteiger partial charge in [-0.25, -0.2) is 4.68 Å². The number of rotatable bonds is 2. The minimum absolute atomic E-state index is 0.156. The van der Waals surface area contributed by atoms with E-state index in [9.17, 15) is 4.79 Å². The van der Waals surface area contributed by atoms with Crippen molar-refractivity contribution in [3.63, 3.8) is 0 Å². The summed E-state index contributed by atoms with van der Waals surface area (Å²) < 4.78 is 7.28. The number of nitrogens with zero attached hydrogens (tertiary/aromatic N) is 4. The summed E-state index contributed by atoms with van der Waals surface area (Å²) in [7, 11) is 1.70. The first-order valence-electron chi connectivity index (χ1n) is 8.76. The molecule has 26 heavy (non-hydrogen) atoms. The molecule has 1 aliphatic heterocycles. The average molecular weight is 353 g/mol. The van der Waals surface area contributed by atoms with Gasteiger partial charge in [-0.3, -0.25) is 9.78 Å². The average Bonchev–Trinajstić information content (AvgIpc) is 3.05. The molecule has 0 radical (unpaired) electrons. The first-order valence-corrected chi connectivity index (χ1v) is 8.76. The van der Waals surface area contributed by atoms with Gasteiger partial charge < -0.3 is 9.64 Å². The minimum atomic E-state index is -0.248. The molecule has 0 aliphatic carbocycles. The molecule has 0 saturated heterocycles. The molecule has 3 heterocycles. The number of nitrogens with one attached hydrogen (secondary N) is 1. The summed E-state index contributed by atoms with van der Waals surface area (Å²) in [4.78, 5) is 22.3. The van der Waals surface area contributed by atoms with Gasteiger partial charge >= 0.3 is 0 Å². The molecular formula is C19H23N5O2. The second-order valence-corrected chi connectivity index (χ2v) is 7.62. The Labute approximate surface area is 151 Å². The molecule has 0 spiro atoms. The number of H-pyrrole nitrogens is 1. The van der Waals surface area contributed by atoms with Crippen molar-refractivity contribution in [1.29, 1.82) is 0 Å². The third-order valence-electron chi connectivity index (χ3n) is 4.80. The highest BCUT2D eigenvalue weighted by Gasteiger charge is 2.24. The number of methoxy groups -OCH3 is 1. The van der Waals surface area contributed by atoms with Crippen molar-refractivity contribution < 1.29 is 4.74 Å². The smallest absolute Gasteiger partial charge is 0.263 e. The Bertz CT molecular complexity index is 1030. The van der Waals surface area contributed by atoms with Crippen LogP contribution in [0, 0.1) is 0 Å². The lowest BCUT2D eigenvalue weighted by Crippen LogP contribution is -2.33. The molecule has 7 nitrogen and oxygen atoms in total. The molecule has 0 unspecified atom stereocenters. The summed E-state index contributed by atoms with van der Waals surface area (Å²) in [6.07, 6.45) is 2.44. The zero-order valence-corrected chi connectivity index (χ0v) is 15.5. The number of aromatic nitrogens is 4. The second kappa shape index (κ2) is 5.86. The van der Waals surface area contributed by atoms with Crippen molar-refractivity contribution in [3.8, 4) is 5.75 Å². The van der Waals surface area contributed by atoms with E-state index < -0.39 is 0 Å². The molecule has 2 aromatic heterocycles. The molecule has 0 saturated carbocycles. The Morgan fingerprint density at radius 3 is 2.81 bits per heavy atom. The van der Waals surface area contributed by atoms with E-state index in [-0.39, 0.29) is 11.1 Å². The van der Waals surface area contributed by atoms with Gasteiger partial charge in [0.15, 0.2) is 5.65 Å². The lowest BCUT2D eigenvalue weighted by molar-refractivity contribution is 0.366. The standard InChI is InChI=1S/C19H23N5O2/c1-19(2,3)24-16-14(10-20-24)17(25)22-18(21-16)23-9-8-13-12(11-23)6-5-7-15(13)26-4/h5-7,10H,8-9,11H2,1-4H3,(H,21,22,25). The Morgan fingerprint density at radius 1 is 1.27 bits per heavy atom. The fraction of sp³-hybridized carbons (Fsp3) is 0.421. The van der Waals surface area contributed by atoms with Gasteiger partial charge in [-0.1, -0.05) is 12.1 Å². The van der Waals surface area contributed by atoms with Crippen LogP contribution in [0.15, 0.2) is 29.2 Å². The zero-order chi connectivity index (χ0) is 18.5. The highest BCUT2D eigenvalue weighted by molar-refractivity contribution is 5.74. The van der Waals surface area contributed by atoms with Crippen LogP contribution in [0.2, 0.25) is 0 Å². The van der Waals surface area contributed by atoms with Crippen LogP contribution in [0.25, 0.3) is 11.0 Å². The van der Waals surface area contributed by atoms with Crippen molar-refractivity contribution in [2.75, 3.05) is 18.6 Å². The summed E-state index contributed by atoms with van der Waals surface area (Å²) in [5.74, 6) is 1.51. The van der Waals surface area contributed by atoms with Crippen molar-refractivity contribution in [3.05, 3.63) is 45.9 Å². The first-order chi connectivity index (χ1) is 12.4. The number of benzene rings is 1. The van der Waals surface area contributed by atoms with E-state index in [1.165, 1.54) is 11.1 Å². The normalized spacial score (nSPS) is 14.5. The summed E-state index contributed by atoms with van der Waals surface area (Å²) in [6, 6.07) is 6.08. The molecule has 1 aliphatic rings. The van der Waals surface area contributed by atoms with Crippen LogP contribution in [0.4, 0.5) is 5.95 Å². The maximum absolute atomic E-state index is 12.5. The number of hydrogen-bond donors (Lipinski definition) is 1. The SMILES string of the molecule is COc1cccc2c1CCN(c1nc3c(cnn3C(C)(C)C)c(=O)[nH]1)C2. The molecule has 1 aromatic carbocycles. The van der Waals surface area contributed by atoms with E-state index in [2.05, 4.69) is 21.0 Å². The topological polar surface area (TPSA) is 76.0 Å². The molecule has 7 heteroatoms. The number of aromatic amines is 1. The van der Waals surface area contributed by atoms with Gasteiger partial charge in [0.25, 0.3) is 5.56 Å². The number of ether oxygens (including phenoxy) is 1.